The van der Waals surface area contributed by atoms with E-state index in [1.165, 1.54) is 0 Å². The van der Waals surface area contributed by atoms with Crippen LogP contribution < -0.4 is 9.47 Å². The van der Waals surface area contributed by atoms with Gasteiger partial charge in [0, 0.05) is 37.8 Å². The number of rotatable bonds is 7. The highest BCUT2D eigenvalue weighted by atomic mass is 16.5. The molecule has 160 valence electrons. The van der Waals surface area contributed by atoms with E-state index in [2.05, 4.69) is 11.8 Å². The summed E-state index contributed by atoms with van der Waals surface area (Å²) in [6.07, 6.45) is 4.38. The minimum absolute atomic E-state index is 0.125. The van der Waals surface area contributed by atoms with Crippen LogP contribution in [-0.2, 0) is 0 Å². The Labute approximate surface area is 179 Å². The molecule has 0 N–H and O–H groups in total. The minimum Gasteiger partial charge on any atom is -0.492 e. The molecule has 2 heterocycles. The Morgan fingerprint density at radius 2 is 1.67 bits per heavy atom. The van der Waals surface area contributed by atoms with Crippen molar-refractivity contribution in [1.82, 2.24) is 9.80 Å². The Kier molecular flexibility index (Phi) is 6.90. The summed E-state index contributed by atoms with van der Waals surface area (Å²) < 4.78 is 12.1. The zero-order valence-electron chi connectivity index (χ0n) is 17.8. The van der Waals surface area contributed by atoms with Crippen molar-refractivity contribution in [3.8, 4) is 11.5 Å². The molecule has 4 rings (SSSR count). The van der Waals surface area contributed by atoms with Crippen LogP contribution in [0.5, 0.6) is 11.5 Å². The lowest BCUT2D eigenvalue weighted by molar-refractivity contribution is 0.0634. The largest absolute Gasteiger partial charge is 0.492 e. The van der Waals surface area contributed by atoms with Gasteiger partial charge in [-0.15, -0.1) is 0 Å². The molecule has 2 aromatic carbocycles. The highest BCUT2D eigenvalue weighted by Crippen LogP contribution is 2.23. The van der Waals surface area contributed by atoms with Crippen LogP contribution in [0.25, 0.3) is 0 Å². The number of hydrogen-bond donors (Lipinski definition) is 0. The first-order valence-corrected chi connectivity index (χ1v) is 11.2. The Morgan fingerprint density at radius 3 is 2.40 bits per heavy atom. The molecule has 2 fully saturated rings. The quantitative estimate of drug-likeness (QED) is 0.687. The van der Waals surface area contributed by atoms with Crippen LogP contribution in [-0.4, -0.2) is 60.6 Å². The Bertz CT molecular complexity index is 812. The number of hydrogen-bond acceptors (Lipinski definition) is 4. The number of piperidine rings is 1. The molecule has 5 heteroatoms. The SMILES string of the molecule is CC(COc1ccccc1)N1CCC(Oc2cccc(C(=O)N3CCCC3)c2)CC1. The maximum absolute atomic E-state index is 12.6. The number of ether oxygens (including phenoxy) is 2. The lowest BCUT2D eigenvalue weighted by Crippen LogP contribution is -2.45. The summed E-state index contributed by atoms with van der Waals surface area (Å²) >= 11 is 0. The van der Waals surface area contributed by atoms with Gasteiger partial charge in [0.05, 0.1) is 0 Å². The maximum Gasteiger partial charge on any atom is 0.253 e. The molecule has 1 amide bonds. The summed E-state index contributed by atoms with van der Waals surface area (Å²) in [5, 5.41) is 0. The molecule has 2 aliphatic heterocycles. The maximum atomic E-state index is 12.6. The Morgan fingerprint density at radius 1 is 0.967 bits per heavy atom. The van der Waals surface area contributed by atoms with Crippen molar-refractivity contribution >= 4 is 5.91 Å². The standard InChI is InChI=1S/C25H32N2O3/c1-20(19-29-22-9-3-2-4-10-22)26-16-12-23(13-17-26)30-24-11-7-8-21(18-24)25(28)27-14-5-6-15-27/h2-4,7-11,18,20,23H,5-6,12-17,19H2,1H3. The van der Waals surface area contributed by atoms with E-state index in [4.69, 9.17) is 9.47 Å². The monoisotopic (exact) mass is 408 g/mol. The van der Waals surface area contributed by atoms with E-state index in [1.54, 1.807) is 0 Å². The van der Waals surface area contributed by atoms with Crippen LogP contribution in [0, 0.1) is 0 Å². The normalized spacial score (nSPS) is 18.9. The number of benzene rings is 2. The Hall–Kier alpha value is -2.53. The molecule has 2 aromatic rings. The molecular weight excluding hydrogens is 376 g/mol. The van der Waals surface area contributed by atoms with Gasteiger partial charge in [-0.1, -0.05) is 24.3 Å². The predicted octanol–water partition coefficient (Wildman–Crippen LogP) is 4.23. The van der Waals surface area contributed by atoms with Crippen LogP contribution in [0.2, 0.25) is 0 Å². The van der Waals surface area contributed by atoms with E-state index in [-0.39, 0.29) is 12.0 Å². The summed E-state index contributed by atoms with van der Waals surface area (Å²) in [6, 6.07) is 18.0. The van der Waals surface area contributed by atoms with Gasteiger partial charge in [0.2, 0.25) is 0 Å². The van der Waals surface area contributed by atoms with Gasteiger partial charge in [0.1, 0.15) is 24.2 Å². The van der Waals surface area contributed by atoms with E-state index in [0.29, 0.717) is 12.6 Å². The van der Waals surface area contributed by atoms with Gasteiger partial charge < -0.3 is 14.4 Å². The van der Waals surface area contributed by atoms with E-state index >= 15 is 0 Å². The molecule has 0 saturated carbocycles. The second kappa shape index (κ2) is 9.98. The lowest BCUT2D eigenvalue weighted by atomic mass is 10.1. The predicted molar refractivity (Wildman–Crippen MR) is 118 cm³/mol. The van der Waals surface area contributed by atoms with Crippen molar-refractivity contribution in [3.05, 3.63) is 60.2 Å². The van der Waals surface area contributed by atoms with Gasteiger partial charge in [-0.3, -0.25) is 9.69 Å². The third-order valence-corrected chi connectivity index (χ3v) is 6.11. The zero-order chi connectivity index (χ0) is 20.8. The minimum atomic E-state index is 0.125. The molecule has 1 atom stereocenters. The van der Waals surface area contributed by atoms with Gasteiger partial charge in [0.25, 0.3) is 5.91 Å². The number of carbonyl (C=O) groups excluding carboxylic acids is 1. The van der Waals surface area contributed by atoms with Gasteiger partial charge >= 0.3 is 0 Å². The number of para-hydroxylation sites is 1. The smallest absolute Gasteiger partial charge is 0.253 e. The van der Waals surface area contributed by atoms with E-state index in [9.17, 15) is 4.79 Å². The lowest BCUT2D eigenvalue weighted by Gasteiger charge is -2.36. The van der Waals surface area contributed by atoms with E-state index < -0.39 is 0 Å². The fourth-order valence-electron chi connectivity index (χ4n) is 4.27. The van der Waals surface area contributed by atoms with Crippen LogP contribution in [0.15, 0.2) is 54.6 Å². The number of carbonyl (C=O) groups is 1. The average Bonchev–Trinajstić information content (AvgIpc) is 3.33. The van der Waals surface area contributed by atoms with Crippen LogP contribution in [0.3, 0.4) is 0 Å². The van der Waals surface area contributed by atoms with Crippen LogP contribution in [0.1, 0.15) is 43.0 Å². The first-order chi connectivity index (χ1) is 14.7. The molecule has 5 nitrogen and oxygen atoms in total. The topological polar surface area (TPSA) is 42.0 Å². The summed E-state index contributed by atoms with van der Waals surface area (Å²) in [6.45, 7) is 6.64. The van der Waals surface area contributed by atoms with Crippen molar-refractivity contribution in [3.63, 3.8) is 0 Å². The first-order valence-electron chi connectivity index (χ1n) is 11.2. The fourth-order valence-corrected chi connectivity index (χ4v) is 4.27. The summed E-state index contributed by atoms with van der Waals surface area (Å²) in [5.74, 6) is 1.85. The fraction of sp³-hybridized carbons (Fsp3) is 0.480. The first kappa shape index (κ1) is 20.7. The molecule has 0 aromatic heterocycles. The second-order valence-corrected chi connectivity index (χ2v) is 8.35. The number of nitrogens with zero attached hydrogens (tertiary/aromatic N) is 2. The molecular formula is C25H32N2O3. The molecule has 2 saturated heterocycles. The molecule has 2 aliphatic rings. The second-order valence-electron chi connectivity index (χ2n) is 8.35. The van der Waals surface area contributed by atoms with Crippen molar-refractivity contribution < 1.29 is 14.3 Å². The Balaban J connectivity index is 1.24. The summed E-state index contributed by atoms with van der Waals surface area (Å²) in [5.41, 5.74) is 0.735. The van der Waals surface area contributed by atoms with Crippen molar-refractivity contribution in [2.75, 3.05) is 32.8 Å². The van der Waals surface area contributed by atoms with Crippen molar-refractivity contribution in [2.45, 2.75) is 44.8 Å². The molecule has 0 spiro atoms. The number of amides is 1. The zero-order valence-corrected chi connectivity index (χ0v) is 17.8. The van der Waals surface area contributed by atoms with Crippen LogP contribution in [0.4, 0.5) is 0 Å². The van der Waals surface area contributed by atoms with E-state index in [1.807, 2.05) is 59.5 Å². The van der Waals surface area contributed by atoms with Gasteiger partial charge in [-0.2, -0.15) is 0 Å². The highest BCUT2D eigenvalue weighted by molar-refractivity contribution is 5.94. The summed E-state index contributed by atoms with van der Waals surface area (Å²) in [7, 11) is 0. The number of likely N-dealkylation sites (tertiary alicyclic amines) is 2. The third kappa shape index (κ3) is 5.33. The van der Waals surface area contributed by atoms with Gasteiger partial charge in [-0.05, 0) is 62.9 Å². The molecule has 1 unspecified atom stereocenters. The van der Waals surface area contributed by atoms with Crippen molar-refractivity contribution in [2.24, 2.45) is 0 Å². The molecule has 0 aliphatic carbocycles. The highest BCUT2D eigenvalue weighted by Gasteiger charge is 2.25. The van der Waals surface area contributed by atoms with Gasteiger partial charge in [0.15, 0.2) is 0 Å². The van der Waals surface area contributed by atoms with Gasteiger partial charge in [-0.25, -0.2) is 0 Å². The molecule has 0 radical (unpaired) electrons. The average molecular weight is 409 g/mol. The molecule has 30 heavy (non-hydrogen) atoms. The van der Waals surface area contributed by atoms with E-state index in [0.717, 1.165) is 68.9 Å². The van der Waals surface area contributed by atoms with Crippen molar-refractivity contribution in [1.29, 1.82) is 0 Å². The third-order valence-electron chi connectivity index (χ3n) is 6.11. The molecule has 0 bridgehead atoms. The van der Waals surface area contributed by atoms with Crippen LogP contribution >= 0.6 is 0 Å². The summed E-state index contributed by atoms with van der Waals surface area (Å²) in [4.78, 5) is 17.0.